The SMILES string of the molecule is C=C(CCn1ccnc1CCC(=O)N1CC[C@H](N(C)C)C1)OCCCCCCC. The van der Waals surface area contributed by atoms with Crippen molar-refractivity contribution < 1.29 is 9.53 Å². The van der Waals surface area contributed by atoms with E-state index < -0.39 is 0 Å². The van der Waals surface area contributed by atoms with Crippen molar-refractivity contribution in [2.75, 3.05) is 33.8 Å². The number of carbonyl (C=O) groups is 1. The van der Waals surface area contributed by atoms with Crippen LogP contribution in [0.4, 0.5) is 0 Å². The number of hydrogen-bond donors (Lipinski definition) is 0. The molecule has 0 unspecified atom stereocenters. The Morgan fingerprint density at radius 3 is 2.79 bits per heavy atom. The van der Waals surface area contributed by atoms with E-state index in [2.05, 4.69) is 42.0 Å². The molecule has 1 aromatic heterocycles. The minimum absolute atomic E-state index is 0.236. The third-order valence-electron chi connectivity index (χ3n) is 5.80. The number of ether oxygens (including phenoxy) is 1. The predicted octanol–water partition coefficient (Wildman–Crippen LogP) is 3.87. The predicted molar refractivity (Wildman–Crippen MR) is 118 cm³/mol. The van der Waals surface area contributed by atoms with Gasteiger partial charge in [-0.1, -0.05) is 39.2 Å². The zero-order chi connectivity index (χ0) is 21.1. The fraction of sp³-hybridized carbons (Fsp3) is 0.739. The Morgan fingerprint density at radius 2 is 2.07 bits per heavy atom. The number of unbranched alkanes of at least 4 members (excludes halogenated alkanes) is 4. The molecule has 164 valence electrons. The van der Waals surface area contributed by atoms with Crippen LogP contribution in [0.2, 0.25) is 0 Å². The highest BCUT2D eigenvalue weighted by molar-refractivity contribution is 5.76. The largest absolute Gasteiger partial charge is 0.498 e. The van der Waals surface area contributed by atoms with Gasteiger partial charge in [-0.05, 0) is 26.9 Å². The van der Waals surface area contributed by atoms with Gasteiger partial charge in [0, 0.05) is 57.3 Å². The lowest BCUT2D eigenvalue weighted by molar-refractivity contribution is -0.130. The molecule has 0 spiro atoms. The molecule has 0 aliphatic carbocycles. The third-order valence-corrected chi connectivity index (χ3v) is 5.80. The summed E-state index contributed by atoms with van der Waals surface area (Å²) < 4.78 is 7.88. The van der Waals surface area contributed by atoms with Crippen molar-refractivity contribution in [3.63, 3.8) is 0 Å². The number of rotatable bonds is 14. The molecular weight excluding hydrogens is 364 g/mol. The molecule has 1 atom stereocenters. The van der Waals surface area contributed by atoms with Crippen LogP contribution in [0.1, 0.15) is 64.1 Å². The maximum Gasteiger partial charge on any atom is 0.223 e. The average Bonchev–Trinajstić information content (AvgIpc) is 3.36. The smallest absolute Gasteiger partial charge is 0.223 e. The van der Waals surface area contributed by atoms with Crippen LogP contribution in [-0.2, 0) is 22.5 Å². The van der Waals surface area contributed by atoms with E-state index >= 15 is 0 Å². The highest BCUT2D eigenvalue weighted by Crippen LogP contribution is 2.15. The van der Waals surface area contributed by atoms with Gasteiger partial charge in [-0.15, -0.1) is 0 Å². The van der Waals surface area contributed by atoms with Gasteiger partial charge in [0.05, 0.1) is 12.4 Å². The molecule has 0 aromatic carbocycles. The molecule has 1 aromatic rings. The first kappa shape index (κ1) is 23.5. The van der Waals surface area contributed by atoms with Crippen LogP contribution in [0, 0.1) is 0 Å². The zero-order valence-electron chi connectivity index (χ0n) is 18.7. The molecule has 1 aliphatic heterocycles. The van der Waals surface area contributed by atoms with Crippen molar-refractivity contribution in [2.45, 2.75) is 77.3 Å². The first-order valence-corrected chi connectivity index (χ1v) is 11.3. The Kier molecular flexibility index (Phi) is 10.3. The molecular formula is C23H40N4O2. The number of likely N-dealkylation sites (tertiary alicyclic amines) is 1. The summed E-state index contributed by atoms with van der Waals surface area (Å²) in [6, 6.07) is 0.485. The van der Waals surface area contributed by atoms with E-state index in [0.717, 1.165) is 57.1 Å². The highest BCUT2D eigenvalue weighted by atomic mass is 16.5. The molecule has 2 heterocycles. The van der Waals surface area contributed by atoms with Crippen LogP contribution in [0.3, 0.4) is 0 Å². The fourth-order valence-electron chi connectivity index (χ4n) is 3.78. The van der Waals surface area contributed by atoms with Gasteiger partial charge in [0.25, 0.3) is 0 Å². The van der Waals surface area contributed by atoms with E-state index in [0.29, 0.717) is 18.9 Å². The lowest BCUT2D eigenvalue weighted by Gasteiger charge is -2.20. The number of aromatic nitrogens is 2. The lowest BCUT2D eigenvalue weighted by Crippen LogP contribution is -2.34. The quantitative estimate of drug-likeness (QED) is 0.349. The van der Waals surface area contributed by atoms with Gasteiger partial charge < -0.3 is 19.1 Å². The molecule has 1 amide bonds. The fourth-order valence-corrected chi connectivity index (χ4v) is 3.78. The van der Waals surface area contributed by atoms with E-state index in [9.17, 15) is 4.79 Å². The molecule has 0 saturated carbocycles. The second-order valence-electron chi connectivity index (χ2n) is 8.33. The maximum atomic E-state index is 12.5. The normalized spacial score (nSPS) is 16.6. The number of hydrogen-bond acceptors (Lipinski definition) is 4. The van der Waals surface area contributed by atoms with Crippen molar-refractivity contribution in [1.82, 2.24) is 19.4 Å². The molecule has 0 bridgehead atoms. The van der Waals surface area contributed by atoms with Crippen LogP contribution in [0.15, 0.2) is 24.7 Å². The molecule has 1 aliphatic rings. The van der Waals surface area contributed by atoms with Crippen LogP contribution in [0.25, 0.3) is 0 Å². The number of amides is 1. The van der Waals surface area contributed by atoms with E-state index in [-0.39, 0.29) is 5.91 Å². The summed E-state index contributed by atoms with van der Waals surface area (Å²) in [7, 11) is 4.17. The minimum Gasteiger partial charge on any atom is -0.498 e. The van der Waals surface area contributed by atoms with Crippen LogP contribution in [0.5, 0.6) is 0 Å². The van der Waals surface area contributed by atoms with Crippen LogP contribution < -0.4 is 0 Å². The number of imidazole rings is 1. The van der Waals surface area contributed by atoms with E-state index in [1.165, 1.54) is 25.7 Å². The molecule has 2 rings (SSSR count). The Bertz CT molecular complexity index is 626. The second-order valence-corrected chi connectivity index (χ2v) is 8.33. The third kappa shape index (κ3) is 8.21. The Morgan fingerprint density at radius 1 is 1.28 bits per heavy atom. The summed E-state index contributed by atoms with van der Waals surface area (Å²) in [5, 5.41) is 0. The van der Waals surface area contributed by atoms with Gasteiger partial charge in [-0.2, -0.15) is 0 Å². The standard InChI is InChI=1S/C23H40N4O2/c1-5-6-7-8-9-18-29-20(2)12-15-26-17-14-24-22(26)10-11-23(28)27-16-13-21(19-27)25(3)4/h14,17,21H,2,5-13,15-16,18-19H2,1,3-4H3/t21-/m0/s1. The summed E-state index contributed by atoms with van der Waals surface area (Å²) in [6.07, 6.45) is 13.0. The summed E-state index contributed by atoms with van der Waals surface area (Å²) in [4.78, 5) is 21.2. The first-order valence-electron chi connectivity index (χ1n) is 11.3. The van der Waals surface area contributed by atoms with E-state index in [1.54, 1.807) is 0 Å². The zero-order valence-corrected chi connectivity index (χ0v) is 18.7. The van der Waals surface area contributed by atoms with Gasteiger partial charge in [-0.3, -0.25) is 4.79 Å². The number of aryl methyl sites for hydroxylation is 2. The van der Waals surface area contributed by atoms with E-state index in [1.807, 2.05) is 17.3 Å². The maximum absolute atomic E-state index is 12.5. The molecule has 29 heavy (non-hydrogen) atoms. The summed E-state index contributed by atoms with van der Waals surface area (Å²) in [5.74, 6) is 2.04. The van der Waals surface area contributed by atoms with Crippen molar-refractivity contribution in [1.29, 1.82) is 0 Å². The molecule has 1 fully saturated rings. The average molecular weight is 405 g/mol. The molecule has 6 heteroatoms. The summed E-state index contributed by atoms with van der Waals surface area (Å²) >= 11 is 0. The van der Waals surface area contributed by atoms with Crippen molar-refractivity contribution in [2.24, 2.45) is 0 Å². The van der Waals surface area contributed by atoms with Crippen LogP contribution in [-0.4, -0.2) is 65.1 Å². The van der Waals surface area contributed by atoms with Gasteiger partial charge in [0.1, 0.15) is 5.82 Å². The topological polar surface area (TPSA) is 50.6 Å². The highest BCUT2D eigenvalue weighted by Gasteiger charge is 2.27. The second kappa shape index (κ2) is 12.7. The molecule has 6 nitrogen and oxygen atoms in total. The monoisotopic (exact) mass is 404 g/mol. The van der Waals surface area contributed by atoms with Crippen molar-refractivity contribution in [3.05, 3.63) is 30.6 Å². The Hall–Kier alpha value is -1.82. The molecule has 0 radical (unpaired) electrons. The Balaban J connectivity index is 1.66. The van der Waals surface area contributed by atoms with Crippen molar-refractivity contribution in [3.8, 4) is 0 Å². The van der Waals surface area contributed by atoms with Gasteiger partial charge in [0.15, 0.2) is 0 Å². The number of nitrogens with zero attached hydrogens (tertiary/aromatic N) is 4. The van der Waals surface area contributed by atoms with Crippen LogP contribution >= 0.6 is 0 Å². The summed E-state index contributed by atoms with van der Waals surface area (Å²) in [5.41, 5.74) is 0. The lowest BCUT2D eigenvalue weighted by atomic mass is 10.2. The molecule has 1 saturated heterocycles. The Labute approximate surface area is 176 Å². The van der Waals surface area contributed by atoms with E-state index in [4.69, 9.17) is 4.74 Å². The first-order chi connectivity index (χ1) is 14.0. The number of carbonyl (C=O) groups excluding carboxylic acids is 1. The van der Waals surface area contributed by atoms with Gasteiger partial charge in [0.2, 0.25) is 5.91 Å². The number of allylic oxidation sites excluding steroid dienone is 1. The van der Waals surface area contributed by atoms with Gasteiger partial charge in [-0.25, -0.2) is 4.98 Å². The minimum atomic E-state index is 0.236. The van der Waals surface area contributed by atoms with Crippen molar-refractivity contribution >= 4 is 5.91 Å². The molecule has 0 N–H and O–H groups in total. The summed E-state index contributed by atoms with van der Waals surface area (Å²) in [6.45, 7) is 9.54. The van der Waals surface area contributed by atoms with Gasteiger partial charge >= 0.3 is 0 Å². The number of likely N-dealkylation sites (N-methyl/N-ethyl adjacent to an activating group) is 1.